The van der Waals surface area contributed by atoms with Crippen LogP contribution >= 0.6 is 0 Å². The predicted molar refractivity (Wildman–Crippen MR) is 95.5 cm³/mol. The third-order valence-electron chi connectivity index (χ3n) is 3.91. The Bertz CT molecular complexity index is 829. The van der Waals surface area contributed by atoms with Gasteiger partial charge in [-0.15, -0.1) is 5.10 Å². The van der Waals surface area contributed by atoms with Crippen LogP contribution in [0.2, 0.25) is 0 Å². The molecule has 1 heterocycles. The summed E-state index contributed by atoms with van der Waals surface area (Å²) in [7, 11) is 0. The molecule has 0 amide bonds. The Morgan fingerprint density at radius 2 is 1.76 bits per heavy atom. The molecule has 3 aromatic rings. The van der Waals surface area contributed by atoms with Crippen molar-refractivity contribution in [1.29, 1.82) is 0 Å². The van der Waals surface area contributed by atoms with Gasteiger partial charge in [-0.2, -0.15) is 0 Å². The number of hydrogen-bond acceptors (Lipinski definition) is 3. The second kappa shape index (κ2) is 7.66. The van der Waals surface area contributed by atoms with Gasteiger partial charge in [-0.25, -0.2) is 0 Å². The average Bonchev–Trinajstić information content (AvgIpc) is 3.04. The maximum absolute atomic E-state index is 10.9. The molecular weight excluding hydrogens is 316 g/mol. The van der Waals surface area contributed by atoms with Crippen LogP contribution in [0.1, 0.15) is 12.5 Å². The Balaban J connectivity index is 1.87. The van der Waals surface area contributed by atoms with E-state index in [1.165, 1.54) is 0 Å². The second-order valence-corrected chi connectivity index (χ2v) is 5.93. The van der Waals surface area contributed by atoms with Crippen molar-refractivity contribution in [2.45, 2.75) is 13.5 Å². The highest BCUT2D eigenvalue weighted by Gasteiger charge is 2.15. The molecule has 0 radical (unpaired) electrons. The van der Waals surface area contributed by atoms with Gasteiger partial charge in [0.2, 0.25) is 5.88 Å². The molecule has 128 valence electrons. The molecule has 3 rings (SSSR count). The van der Waals surface area contributed by atoms with Crippen molar-refractivity contribution >= 4 is 5.97 Å². The summed E-state index contributed by atoms with van der Waals surface area (Å²) in [6.07, 6.45) is 0. The Morgan fingerprint density at radius 3 is 2.40 bits per heavy atom. The molecular formula is C20H20N2O3. The third-order valence-corrected chi connectivity index (χ3v) is 3.91. The van der Waals surface area contributed by atoms with Gasteiger partial charge in [0.15, 0.2) is 0 Å². The van der Waals surface area contributed by atoms with Crippen LogP contribution in [0.5, 0.6) is 5.88 Å². The molecule has 1 N–H and O–H groups in total. The first-order valence-corrected chi connectivity index (χ1v) is 8.16. The van der Waals surface area contributed by atoms with Crippen LogP contribution in [-0.4, -0.2) is 27.5 Å². The number of carbonyl (C=O) groups is 1. The summed E-state index contributed by atoms with van der Waals surface area (Å²) in [6, 6.07) is 21.9. The Morgan fingerprint density at radius 1 is 1.12 bits per heavy atom. The first-order chi connectivity index (χ1) is 12.1. The van der Waals surface area contributed by atoms with Gasteiger partial charge >= 0.3 is 5.97 Å². The molecule has 5 heteroatoms. The number of ether oxygens (including phenoxy) is 1. The molecule has 25 heavy (non-hydrogen) atoms. The minimum Gasteiger partial charge on any atom is -0.481 e. The lowest BCUT2D eigenvalue weighted by Crippen LogP contribution is -2.18. The average molecular weight is 336 g/mol. The lowest BCUT2D eigenvalue weighted by Gasteiger charge is -2.07. The van der Waals surface area contributed by atoms with Gasteiger partial charge in [-0.3, -0.25) is 9.48 Å². The molecule has 0 fully saturated rings. The van der Waals surface area contributed by atoms with Gasteiger partial charge in [-0.1, -0.05) is 60.7 Å². The fourth-order valence-electron chi connectivity index (χ4n) is 2.46. The standard InChI is InChI=1S/C20H20N2O3/c1-15(20(23)24)14-25-19-12-18(17-10-6-3-7-11-17)22(21-19)13-16-8-4-2-5-9-16/h2-12,15H,13-14H2,1H3,(H,23,24). The van der Waals surface area contributed by atoms with Crippen molar-refractivity contribution < 1.29 is 14.6 Å². The zero-order chi connectivity index (χ0) is 17.6. The SMILES string of the molecule is CC(COc1cc(-c2ccccc2)n(Cc2ccccc2)n1)C(=O)O. The molecule has 1 unspecified atom stereocenters. The van der Waals surface area contributed by atoms with Gasteiger partial charge < -0.3 is 9.84 Å². The number of hydrogen-bond donors (Lipinski definition) is 1. The summed E-state index contributed by atoms with van der Waals surface area (Å²) < 4.78 is 7.48. The summed E-state index contributed by atoms with van der Waals surface area (Å²) in [5.41, 5.74) is 3.10. The summed E-state index contributed by atoms with van der Waals surface area (Å²) >= 11 is 0. The van der Waals surface area contributed by atoms with E-state index < -0.39 is 11.9 Å². The molecule has 5 nitrogen and oxygen atoms in total. The van der Waals surface area contributed by atoms with Gasteiger partial charge in [-0.05, 0) is 18.1 Å². The Labute approximate surface area is 146 Å². The molecule has 0 bridgehead atoms. The van der Waals surface area contributed by atoms with E-state index in [2.05, 4.69) is 5.10 Å². The maximum atomic E-state index is 10.9. The van der Waals surface area contributed by atoms with Crippen molar-refractivity contribution in [2.75, 3.05) is 6.61 Å². The van der Waals surface area contributed by atoms with Crippen molar-refractivity contribution in [3.05, 3.63) is 72.3 Å². The van der Waals surface area contributed by atoms with Gasteiger partial charge in [0, 0.05) is 6.07 Å². The molecule has 0 saturated carbocycles. The largest absolute Gasteiger partial charge is 0.481 e. The van der Waals surface area contributed by atoms with Crippen LogP contribution in [0.3, 0.4) is 0 Å². The molecule has 2 aromatic carbocycles. The summed E-state index contributed by atoms with van der Waals surface area (Å²) in [5.74, 6) is -1.03. The highest BCUT2D eigenvalue weighted by atomic mass is 16.5. The molecule has 0 saturated heterocycles. The first kappa shape index (κ1) is 16.8. The third kappa shape index (κ3) is 4.26. The molecule has 1 aromatic heterocycles. The molecule has 1 atom stereocenters. The smallest absolute Gasteiger partial charge is 0.309 e. The van der Waals surface area contributed by atoms with Gasteiger partial charge in [0.05, 0.1) is 18.2 Å². The lowest BCUT2D eigenvalue weighted by molar-refractivity contribution is -0.142. The quantitative estimate of drug-likeness (QED) is 0.714. The normalized spacial score (nSPS) is 11.9. The van der Waals surface area contributed by atoms with Crippen LogP contribution in [-0.2, 0) is 11.3 Å². The predicted octanol–water partition coefficient (Wildman–Crippen LogP) is 3.70. The van der Waals surface area contributed by atoms with Crippen LogP contribution in [0.4, 0.5) is 0 Å². The van der Waals surface area contributed by atoms with E-state index in [9.17, 15) is 4.79 Å². The van der Waals surface area contributed by atoms with E-state index in [4.69, 9.17) is 9.84 Å². The monoisotopic (exact) mass is 336 g/mol. The number of carboxylic acids is 1. The highest BCUT2D eigenvalue weighted by molar-refractivity contribution is 5.69. The minimum atomic E-state index is -0.882. The zero-order valence-electron chi connectivity index (χ0n) is 14.0. The number of aromatic nitrogens is 2. The van der Waals surface area contributed by atoms with E-state index in [0.29, 0.717) is 12.4 Å². The van der Waals surface area contributed by atoms with Crippen LogP contribution in [0.15, 0.2) is 66.7 Å². The zero-order valence-corrected chi connectivity index (χ0v) is 14.0. The second-order valence-electron chi connectivity index (χ2n) is 5.93. The van der Waals surface area contributed by atoms with Crippen molar-refractivity contribution in [1.82, 2.24) is 9.78 Å². The Kier molecular flexibility index (Phi) is 5.14. The molecule has 0 aliphatic heterocycles. The highest BCUT2D eigenvalue weighted by Crippen LogP contribution is 2.25. The van der Waals surface area contributed by atoms with E-state index >= 15 is 0 Å². The minimum absolute atomic E-state index is 0.0892. The van der Waals surface area contributed by atoms with E-state index in [1.807, 2.05) is 71.4 Å². The molecule has 0 aliphatic rings. The van der Waals surface area contributed by atoms with E-state index in [0.717, 1.165) is 16.8 Å². The van der Waals surface area contributed by atoms with Gasteiger partial charge in [0.1, 0.15) is 6.61 Å². The number of rotatable bonds is 7. The topological polar surface area (TPSA) is 64.4 Å². The van der Waals surface area contributed by atoms with Gasteiger partial charge in [0.25, 0.3) is 0 Å². The fourth-order valence-corrected chi connectivity index (χ4v) is 2.46. The number of aliphatic carboxylic acids is 1. The van der Waals surface area contributed by atoms with Crippen LogP contribution in [0, 0.1) is 5.92 Å². The first-order valence-electron chi connectivity index (χ1n) is 8.16. The molecule has 0 spiro atoms. The van der Waals surface area contributed by atoms with Crippen molar-refractivity contribution in [3.8, 4) is 17.1 Å². The van der Waals surface area contributed by atoms with E-state index in [-0.39, 0.29) is 6.61 Å². The maximum Gasteiger partial charge on any atom is 0.309 e. The number of benzene rings is 2. The number of carboxylic acid groups (broad SMARTS) is 1. The number of nitrogens with zero attached hydrogens (tertiary/aromatic N) is 2. The summed E-state index contributed by atoms with van der Waals surface area (Å²) in [6.45, 7) is 2.32. The van der Waals surface area contributed by atoms with Crippen LogP contribution in [0.25, 0.3) is 11.3 Å². The van der Waals surface area contributed by atoms with Crippen molar-refractivity contribution in [2.24, 2.45) is 5.92 Å². The van der Waals surface area contributed by atoms with E-state index in [1.54, 1.807) is 6.92 Å². The lowest BCUT2D eigenvalue weighted by atomic mass is 10.1. The molecule has 0 aliphatic carbocycles. The van der Waals surface area contributed by atoms with Crippen LogP contribution < -0.4 is 4.74 Å². The summed E-state index contributed by atoms with van der Waals surface area (Å²) in [5, 5.41) is 13.5. The Hall–Kier alpha value is -3.08. The van der Waals surface area contributed by atoms with Crippen molar-refractivity contribution in [3.63, 3.8) is 0 Å². The fraction of sp³-hybridized carbons (Fsp3) is 0.200. The summed E-state index contributed by atoms with van der Waals surface area (Å²) in [4.78, 5) is 10.9.